The van der Waals surface area contributed by atoms with Crippen LogP contribution >= 0.6 is 11.6 Å². The summed E-state index contributed by atoms with van der Waals surface area (Å²) in [6.07, 6.45) is -3.24. The summed E-state index contributed by atoms with van der Waals surface area (Å²) in [5, 5.41) is 11.0. The first-order valence-corrected chi connectivity index (χ1v) is 8.83. The maximum atomic E-state index is 12.9. The average molecular weight is 444 g/mol. The van der Waals surface area contributed by atoms with Gasteiger partial charge in [0, 0.05) is 12.1 Å². The molecule has 2 rings (SSSR count). The Balaban J connectivity index is 2.46. The van der Waals surface area contributed by atoms with Gasteiger partial charge in [-0.2, -0.15) is 13.2 Å². The van der Waals surface area contributed by atoms with E-state index < -0.39 is 39.5 Å². The van der Waals surface area contributed by atoms with Gasteiger partial charge in [0.1, 0.15) is 22.7 Å². The number of rotatable bonds is 6. The van der Waals surface area contributed by atoms with E-state index in [1.165, 1.54) is 32.9 Å². The van der Waals surface area contributed by atoms with Gasteiger partial charge in [-0.3, -0.25) is 10.1 Å². The number of carbonyl (C=O) groups excluding carboxylic acids is 1. The van der Waals surface area contributed by atoms with E-state index in [4.69, 9.17) is 21.1 Å². The molecule has 0 saturated carbocycles. The predicted molar refractivity (Wildman–Crippen MR) is 104 cm³/mol. The average Bonchev–Trinajstić information content (AvgIpc) is 2.63. The molecule has 2 aromatic carbocycles. The second-order valence-corrected chi connectivity index (χ2v) is 7.24. The van der Waals surface area contributed by atoms with Gasteiger partial charge in [0.05, 0.1) is 15.5 Å². The minimum Gasteiger partial charge on any atom is -0.455 e. The second-order valence-electron chi connectivity index (χ2n) is 6.84. The number of carbonyl (C=O) groups is 1. The number of halogens is 4. The summed E-state index contributed by atoms with van der Waals surface area (Å²) < 4.78 is 49.5. The fourth-order valence-electron chi connectivity index (χ4n) is 2.38. The second kappa shape index (κ2) is 8.35. The lowest BCUT2D eigenvalue weighted by Gasteiger charge is -2.20. The van der Waals surface area contributed by atoms with Gasteiger partial charge in [0.15, 0.2) is 0 Å². The van der Waals surface area contributed by atoms with Crippen molar-refractivity contribution < 1.29 is 32.4 Å². The van der Waals surface area contributed by atoms with Crippen molar-refractivity contribution in [2.24, 2.45) is 0 Å². The highest BCUT2D eigenvalue weighted by Crippen LogP contribution is 2.39. The molecule has 0 bridgehead atoms. The van der Waals surface area contributed by atoms with Gasteiger partial charge in [-0.15, -0.1) is 0 Å². The molecule has 10 heteroatoms. The smallest absolute Gasteiger partial charge is 0.416 e. The molecule has 0 atom stereocenters. The van der Waals surface area contributed by atoms with E-state index in [1.807, 2.05) is 0 Å². The fraction of sp³-hybridized carbons (Fsp3) is 0.250. The van der Waals surface area contributed by atoms with Crippen LogP contribution in [0.5, 0.6) is 11.5 Å². The van der Waals surface area contributed by atoms with Gasteiger partial charge < -0.3 is 9.47 Å². The number of hydrogen-bond donors (Lipinski definition) is 0. The highest BCUT2D eigenvalue weighted by atomic mass is 35.5. The summed E-state index contributed by atoms with van der Waals surface area (Å²) in [6.45, 7) is 7.96. The van der Waals surface area contributed by atoms with Gasteiger partial charge in [-0.1, -0.05) is 18.2 Å². The lowest BCUT2D eigenvalue weighted by atomic mass is 10.1. The summed E-state index contributed by atoms with van der Waals surface area (Å²) in [5.74, 6) is -1.12. The Kier molecular flexibility index (Phi) is 6.46. The van der Waals surface area contributed by atoms with Gasteiger partial charge in [-0.25, -0.2) is 4.79 Å². The SMILES string of the molecule is C=CC(C)(C)OC(=O)c1cc(Oc2c(C)cc(C(F)(F)F)cc2Cl)ccc1[N+](=O)[O-]. The number of nitro benzene ring substituents is 1. The largest absolute Gasteiger partial charge is 0.455 e. The number of benzene rings is 2. The van der Waals surface area contributed by atoms with Crippen molar-refractivity contribution in [1.29, 1.82) is 0 Å². The van der Waals surface area contributed by atoms with Crippen molar-refractivity contribution in [3.05, 3.63) is 74.8 Å². The van der Waals surface area contributed by atoms with Gasteiger partial charge in [0.2, 0.25) is 0 Å². The predicted octanol–water partition coefficient (Wildman–Crippen LogP) is 6.49. The molecular formula is C20H17ClF3NO5. The highest BCUT2D eigenvalue weighted by Gasteiger charge is 2.32. The summed E-state index contributed by atoms with van der Waals surface area (Å²) in [7, 11) is 0. The topological polar surface area (TPSA) is 78.7 Å². The van der Waals surface area contributed by atoms with Crippen LogP contribution in [0.3, 0.4) is 0 Å². The van der Waals surface area contributed by atoms with Crippen molar-refractivity contribution >= 4 is 23.3 Å². The van der Waals surface area contributed by atoms with E-state index in [9.17, 15) is 28.1 Å². The zero-order valence-corrected chi connectivity index (χ0v) is 16.9. The van der Waals surface area contributed by atoms with E-state index in [0.717, 1.165) is 18.2 Å². The highest BCUT2D eigenvalue weighted by molar-refractivity contribution is 6.32. The van der Waals surface area contributed by atoms with Crippen LogP contribution in [0.2, 0.25) is 5.02 Å². The number of alkyl halides is 3. The van der Waals surface area contributed by atoms with Gasteiger partial charge in [-0.05, 0) is 50.6 Å². The number of nitro groups is 1. The minimum absolute atomic E-state index is 0.0475. The zero-order chi connectivity index (χ0) is 22.9. The van der Waals surface area contributed by atoms with Crippen molar-refractivity contribution in [1.82, 2.24) is 0 Å². The summed E-state index contributed by atoms with van der Waals surface area (Å²) in [4.78, 5) is 23.0. The molecule has 0 aliphatic rings. The van der Waals surface area contributed by atoms with Crippen LogP contribution in [-0.2, 0) is 10.9 Å². The van der Waals surface area contributed by atoms with Crippen LogP contribution in [0.25, 0.3) is 0 Å². The molecule has 6 nitrogen and oxygen atoms in total. The molecular weight excluding hydrogens is 427 g/mol. The van der Waals surface area contributed by atoms with Crippen molar-refractivity contribution in [3.63, 3.8) is 0 Å². The van der Waals surface area contributed by atoms with Crippen molar-refractivity contribution in [2.45, 2.75) is 32.5 Å². The number of aryl methyl sites for hydroxylation is 1. The molecule has 160 valence electrons. The molecule has 0 N–H and O–H groups in total. The molecule has 0 amide bonds. The summed E-state index contributed by atoms with van der Waals surface area (Å²) >= 11 is 5.94. The quantitative estimate of drug-likeness (QED) is 0.221. The van der Waals surface area contributed by atoms with E-state index >= 15 is 0 Å². The molecule has 0 spiro atoms. The molecule has 0 aromatic heterocycles. The fourth-order valence-corrected chi connectivity index (χ4v) is 2.68. The number of hydrogen-bond acceptors (Lipinski definition) is 5. The third-order valence-electron chi connectivity index (χ3n) is 4.01. The van der Waals surface area contributed by atoms with E-state index in [2.05, 4.69) is 6.58 Å². The Morgan fingerprint density at radius 2 is 1.87 bits per heavy atom. The maximum Gasteiger partial charge on any atom is 0.416 e. The Bertz CT molecular complexity index is 995. The lowest BCUT2D eigenvalue weighted by molar-refractivity contribution is -0.385. The van der Waals surface area contributed by atoms with Gasteiger partial charge >= 0.3 is 12.1 Å². The maximum absolute atomic E-state index is 12.9. The first-order chi connectivity index (χ1) is 13.7. The van der Waals surface area contributed by atoms with Crippen LogP contribution in [0.4, 0.5) is 18.9 Å². The first-order valence-electron chi connectivity index (χ1n) is 8.45. The molecule has 0 radical (unpaired) electrons. The van der Waals surface area contributed by atoms with Crippen LogP contribution in [0, 0.1) is 17.0 Å². The Labute approximate surface area is 175 Å². The molecule has 0 unspecified atom stereocenters. The molecule has 2 aromatic rings. The van der Waals surface area contributed by atoms with Crippen LogP contribution in [-0.4, -0.2) is 16.5 Å². The summed E-state index contributed by atoms with van der Waals surface area (Å²) in [6, 6.07) is 4.85. The Hall–Kier alpha value is -3.07. The van der Waals surface area contributed by atoms with Crippen LogP contribution in [0.1, 0.15) is 35.3 Å². The molecule has 0 aliphatic carbocycles. The summed E-state index contributed by atoms with van der Waals surface area (Å²) in [5.41, 5.74) is -2.87. The third kappa shape index (κ3) is 5.29. The van der Waals surface area contributed by atoms with Gasteiger partial charge in [0.25, 0.3) is 5.69 Å². The number of esters is 1. The zero-order valence-electron chi connectivity index (χ0n) is 16.2. The molecule has 0 fully saturated rings. The molecule has 30 heavy (non-hydrogen) atoms. The lowest BCUT2D eigenvalue weighted by Crippen LogP contribution is -2.25. The van der Waals surface area contributed by atoms with E-state index in [0.29, 0.717) is 6.07 Å². The van der Waals surface area contributed by atoms with E-state index in [-0.39, 0.29) is 22.1 Å². The normalized spacial score (nSPS) is 11.7. The Morgan fingerprint density at radius 1 is 1.23 bits per heavy atom. The number of ether oxygens (including phenoxy) is 2. The van der Waals surface area contributed by atoms with Crippen molar-refractivity contribution in [3.8, 4) is 11.5 Å². The molecule has 0 aliphatic heterocycles. The van der Waals surface area contributed by atoms with Crippen molar-refractivity contribution in [2.75, 3.05) is 0 Å². The third-order valence-corrected chi connectivity index (χ3v) is 4.29. The molecule has 0 heterocycles. The standard InChI is InChI=1S/C20H17ClF3NO5/c1-5-19(3,4)30-18(26)14-10-13(6-7-16(14)25(27)28)29-17-11(2)8-12(9-15(17)21)20(22,23)24/h5-10H,1H2,2-4H3. The minimum atomic E-state index is -4.59. The number of nitrogens with zero attached hydrogens (tertiary/aromatic N) is 1. The Morgan fingerprint density at radius 3 is 2.37 bits per heavy atom. The monoisotopic (exact) mass is 443 g/mol. The van der Waals surface area contributed by atoms with Crippen LogP contribution < -0.4 is 4.74 Å². The molecule has 0 saturated heterocycles. The van der Waals surface area contributed by atoms with E-state index in [1.54, 1.807) is 0 Å². The van der Waals surface area contributed by atoms with Crippen LogP contribution in [0.15, 0.2) is 43.0 Å². The first kappa shape index (κ1) is 23.2.